The quantitative estimate of drug-likeness (QED) is 0.779. The molecule has 0 aromatic heterocycles. The van der Waals surface area contributed by atoms with Crippen LogP contribution in [0.3, 0.4) is 0 Å². The van der Waals surface area contributed by atoms with Crippen LogP contribution < -0.4 is 10.1 Å². The molecular formula is C14H17Cl2NO4. The molecule has 0 aliphatic rings. The Labute approximate surface area is 133 Å². The number of benzene rings is 1. The number of carbonyl (C=O) groups excluding carboxylic acids is 2. The van der Waals surface area contributed by atoms with Gasteiger partial charge in [0.15, 0.2) is 13.2 Å². The van der Waals surface area contributed by atoms with E-state index in [2.05, 4.69) is 5.32 Å². The lowest BCUT2D eigenvalue weighted by molar-refractivity contribution is -0.150. The highest BCUT2D eigenvalue weighted by Crippen LogP contribution is 2.27. The zero-order valence-corrected chi connectivity index (χ0v) is 13.3. The second-order valence-electron chi connectivity index (χ2n) is 4.72. The molecule has 0 fully saturated rings. The smallest absolute Gasteiger partial charge is 0.344 e. The maximum absolute atomic E-state index is 11.4. The first-order valence-electron chi connectivity index (χ1n) is 6.38. The highest BCUT2D eigenvalue weighted by atomic mass is 35.5. The van der Waals surface area contributed by atoms with E-state index < -0.39 is 5.97 Å². The van der Waals surface area contributed by atoms with Gasteiger partial charge in [-0.25, -0.2) is 4.79 Å². The third kappa shape index (κ3) is 7.20. The van der Waals surface area contributed by atoms with Gasteiger partial charge in [-0.3, -0.25) is 4.79 Å². The molecule has 0 radical (unpaired) electrons. The van der Waals surface area contributed by atoms with Crippen molar-refractivity contribution in [2.75, 3.05) is 19.8 Å². The van der Waals surface area contributed by atoms with E-state index in [1.165, 1.54) is 6.07 Å². The number of hydrogen-bond donors (Lipinski definition) is 1. The van der Waals surface area contributed by atoms with Crippen LogP contribution >= 0.6 is 23.2 Å². The Morgan fingerprint density at radius 1 is 1.24 bits per heavy atom. The van der Waals surface area contributed by atoms with Crippen LogP contribution in [0.25, 0.3) is 0 Å². The predicted molar refractivity (Wildman–Crippen MR) is 80.8 cm³/mol. The third-order valence-electron chi connectivity index (χ3n) is 2.31. The van der Waals surface area contributed by atoms with Gasteiger partial charge in [-0.2, -0.15) is 0 Å². The summed E-state index contributed by atoms with van der Waals surface area (Å²) in [6, 6.07) is 4.64. The van der Waals surface area contributed by atoms with Gasteiger partial charge in [-0.1, -0.05) is 37.0 Å². The molecule has 0 atom stereocenters. The Balaban J connectivity index is 2.29. The van der Waals surface area contributed by atoms with Gasteiger partial charge in [0.1, 0.15) is 5.75 Å². The van der Waals surface area contributed by atoms with Crippen LogP contribution in [-0.4, -0.2) is 31.6 Å². The topological polar surface area (TPSA) is 64.6 Å². The van der Waals surface area contributed by atoms with Crippen molar-refractivity contribution in [2.24, 2.45) is 5.92 Å². The summed E-state index contributed by atoms with van der Waals surface area (Å²) in [5.41, 5.74) is 0. The largest absolute Gasteiger partial charge is 0.480 e. The van der Waals surface area contributed by atoms with Gasteiger partial charge in [0.2, 0.25) is 0 Å². The molecule has 7 heteroatoms. The van der Waals surface area contributed by atoms with Crippen molar-refractivity contribution in [3.63, 3.8) is 0 Å². The summed E-state index contributed by atoms with van der Waals surface area (Å²) in [6.45, 7) is 3.81. The number of ether oxygens (including phenoxy) is 2. The van der Waals surface area contributed by atoms with Crippen molar-refractivity contribution in [3.05, 3.63) is 28.2 Å². The molecule has 0 saturated carbocycles. The van der Waals surface area contributed by atoms with Crippen LogP contribution in [0, 0.1) is 5.92 Å². The molecule has 5 nitrogen and oxygen atoms in total. The number of hydrogen-bond acceptors (Lipinski definition) is 4. The van der Waals surface area contributed by atoms with Gasteiger partial charge in [0.05, 0.1) is 5.02 Å². The molecule has 1 rings (SSSR count). The Morgan fingerprint density at radius 2 is 1.95 bits per heavy atom. The van der Waals surface area contributed by atoms with E-state index in [0.29, 0.717) is 28.3 Å². The molecule has 0 bridgehead atoms. The Morgan fingerprint density at radius 3 is 2.57 bits per heavy atom. The van der Waals surface area contributed by atoms with Crippen molar-refractivity contribution < 1.29 is 19.1 Å². The van der Waals surface area contributed by atoms with Crippen molar-refractivity contribution >= 4 is 35.1 Å². The molecule has 116 valence electrons. The summed E-state index contributed by atoms with van der Waals surface area (Å²) in [5, 5.41) is 3.40. The zero-order chi connectivity index (χ0) is 15.8. The van der Waals surface area contributed by atoms with Gasteiger partial charge in [0, 0.05) is 11.6 Å². The number of halogens is 2. The Bertz CT molecular complexity index is 506. The van der Waals surface area contributed by atoms with Crippen LogP contribution in [0.15, 0.2) is 18.2 Å². The molecule has 0 heterocycles. The van der Waals surface area contributed by atoms with E-state index in [1.54, 1.807) is 12.1 Å². The maximum atomic E-state index is 11.4. The second-order valence-corrected chi connectivity index (χ2v) is 5.57. The standard InChI is InChI=1S/C14H17Cl2NO4/c1-9(2)6-17-13(18)7-21-14(19)8-20-12-4-3-10(15)5-11(12)16/h3-5,9H,6-8H2,1-2H3,(H,17,18). The molecule has 0 spiro atoms. The van der Waals surface area contributed by atoms with Gasteiger partial charge in [-0.15, -0.1) is 0 Å². The SMILES string of the molecule is CC(C)CNC(=O)COC(=O)COc1ccc(Cl)cc1Cl. The minimum atomic E-state index is -0.652. The average molecular weight is 334 g/mol. The fraction of sp³-hybridized carbons (Fsp3) is 0.429. The van der Waals surface area contributed by atoms with Crippen LogP contribution in [0.4, 0.5) is 0 Å². The number of rotatable bonds is 7. The van der Waals surface area contributed by atoms with Crippen LogP contribution in [0.1, 0.15) is 13.8 Å². The predicted octanol–water partition coefficient (Wildman–Crippen LogP) is 2.69. The van der Waals surface area contributed by atoms with Gasteiger partial charge in [-0.05, 0) is 24.1 Å². The number of nitrogens with one attached hydrogen (secondary N) is 1. The third-order valence-corrected chi connectivity index (χ3v) is 2.84. The normalized spacial score (nSPS) is 10.3. The molecule has 1 aromatic carbocycles. The fourth-order valence-electron chi connectivity index (χ4n) is 1.29. The molecule has 0 unspecified atom stereocenters. The average Bonchev–Trinajstić information content (AvgIpc) is 2.41. The van der Waals surface area contributed by atoms with Crippen LogP contribution in [-0.2, 0) is 14.3 Å². The zero-order valence-electron chi connectivity index (χ0n) is 11.8. The summed E-state index contributed by atoms with van der Waals surface area (Å²) in [5.74, 6) is -0.343. The first-order valence-corrected chi connectivity index (χ1v) is 7.14. The van der Waals surface area contributed by atoms with Crippen LogP contribution in [0.2, 0.25) is 10.0 Å². The number of amides is 1. The number of carbonyl (C=O) groups is 2. The maximum Gasteiger partial charge on any atom is 0.344 e. The molecule has 1 aromatic rings. The van der Waals surface area contributed by atoms with E-state index in [1.807, 2.05) is 13.8 Å². The Hall–Kier alpha value is -1.46. The first-order chi connectivity index (χ1) is 9.88. The van der Waals surface area contributed by atoms with Crippen LogP contribution in [0.5, 0.6) is 5.75 Å². The van der Waals surface area contributed by atoms with E-state index in [-0.39, 0.29) is 19.1 Å². The lowest BCUT2D eigenvalue weighted by Gasteiger charge is -2.09. The van der Waals surface area contributed by atoms with E-state index in [4.69, 9.17) is 32.7 Å². The summed E-state index contributed by atoms with van der Waals surface area (Å²) in [6.07, 6.45) is 0. The Kier molecular flexibility index (Phi) is 7.32. The summed E-state index contributed by atoms with van der Waals surface area (Å²) in [4.78, 5) is 22.8. The molecule has 0 aliphatic carbocycles. The van der Waals surface area contributed by atoms with Crippen molar-refractivity contribution in [2.45, 2.75) is 13.8 Å². The molecular weight excluding hydrogens is 317 g/mol. The molecule has 0 saturated heterocycles. The molecule has 21 heavy (non-hydrogen) atoms. The molecule has 1 N–H and O–H groups in total. The summed E-state index contributed by atoms with van der Waals surface area (Å²) >= 11 is 11.6. The highest BCUT2D eigenvalue weighted by molar-refractivity contribution is 6.35. The van der Waals surface area contributed by atoms with E-state index in [9.17, 15) is 9.59 Å². The molecule has 0 aliphatic heterocycles. The fourth-order valence-corrected chi connectivity index (χ4v) is 1.75. The first kappa shape index (κ1) is 17.6. The van der Waals surface area contributed by atoms with Gasteiger partial charge < -0.3 is 14.8 Å². The summed E-state index contributed by atoms with van der Waals surface area (Å²) in [7, 11) is 0. The monoisotopic (exact) mass is 333 g/mol. The van der Waals surface area contributed by atoms with E-state index in [0.717, 1.165) is 0 Å². The highest BCUT2D eigenvalue weighted by Gasteiger charge is 2.10. The van der Waals surface area contributed by atoms with E-state index >= 15 is 0 Å². The van der Waals surface area contributed by atoms with Crippen molar-refractivity contribution in [3.8, 4) is 5.75 Å². The molecule has 1 amide bonds. The second kappa shape index (κ2) is 8.74. The van der Waals surface area contributed by atoms with Gasteiger partial charge in [0.25, 0.3) is 5.91 Å². The van der Waals surface area contributed by atoms with Crippen molar-refractivity contribution in [1.29, 1.82) is 0 Å². The lowest BCUT2D eigenvalue weighted by Crippen LogP contribution is -2.32. The summed E-state index contributed by atoms with van der Waals surface area (Å²) < 4.78 is 9.96. The number of esters is 1. The van der Waals surface area contributed by atoms with Crippen molar-refractivity contribution in [1.82, 2.24) is 5.32 Å². The minimum absolute atomic E-state index is 0.296. The van der Waals surface area contributed by atoms with Gasteiger partial charge >= 0.3 is 5.97 Å². The minimum Gasteiger partial charge on any atom is -0.480 e. The lowest BCUT2D eigenvalue weighted by atomic mass is 10.2.